The summed E-state index contributed by atoms with van der Waals surface area (Å²) >= 11 is 0. The third-order valence-electron chi connectivity index (χ3n) is 5.62. The molecule has 0 atom stereocenters. The smallest absolute Gasteiger partial charge is 0.343 e. The van der Waals surface area contributed by atoms with Gasteiger partial charge in [0.05, 0.1) is 0 Å². The zero-order chi connectivity index (χ0) is 26.1. The van der Waals surface area contributed by atoms with Crippen LogP contribution in [0.1, 0.15) is 76.0 Å². The van der Waals surface area contributed by atoms with Gasteiger partial charge in [0.1, 0.15) is 0 Å². The van der Waals surface area contributed by atoms with Crippen molar-refractivity contribution in [2.45, 2.75) is 59.3 Å². The van der Waals surface area contributed by atoms with Crippen molar-refractivity contribution < 1.29 is 28.4 Å². The molecule has 3 aromatic rings. The molecule has 0 unspecified atom stereocenters. The first-order valence-electron chi connectivity index (χ1n) is 12.2. The Morgan fingerprint density at radius 2 is 0.806 bits per heavy atom. The Kier molecular flexibility index (Phi) is 9.72. The number of hydrogen-bond donors (Lipinski definition) is 0. The second-order valence-corrected chi connectivity index (χ2v) is 11.5. The molecular weight excluding hydrogens is 472 g/mol. The minimum Gasteiger partial charge on any atom is -0.343 e. The maximum atomic E-state index is 5.83. The standard InChI is InChI=1S/C29H36O6Si/c1-8-36(33-30-27-18-12-9-15-24(27)21(2)3,34-31-28-19-13-10-16-25(28)22(4)5)35-32-29-20-14-11-17-26(29)23(6)7/h8-23H,1H2,2-7H3. The van der Waals surface area contributed by atoms with Crippen molar-refractivity contribution in [1.29, 1.82) is 0 Å². The van der Waals surface area contributed by atoms with Crippen LogP contribution in [0.5, 0.6) is 17.2 Å². The monoisotopic (exact) mass is 508 g/mol. The van der Waals surface area contributed by atoms with Gasteiger partial charge in [-0.25, -0.2) is 0 Å². The molecule has 0 bridgehead atoms. The molecule has 3 aromatic carbocycles. The van der Waals surface area contributed by atoms with Crippen LogP contribution in [0.4, 0.5) is 0 Å². The van der Waals surface area contributed by atoms with E-state index < -0.39 is 8.80 Å². The molecule has 192 valence electrons. The maximum absolute atomic E-state index is 5.83. The lowest BCUT2D eigenvalue weighted by Gasteiger charge is -2.25. The van der Waals surface area contributed by atoms with E-state index in [1.165, 1.54) is 5.70 Å². The van der Waals surface area contributed by atoms with Gasteiger partial charge in [-0.15, -0.1) is 0 Å². The molecule has 36 heavy (non-hydrogen) atoms. The lowest BCUT2D eigenvalue weighted by atomic mass is 10.0. The third-order valence-corrected chi connectivity index (χ3v) is 7.06. The quantitative estimate of drug-likeness (QED) is 0.132. The van der Waals surface area contributed by atoms with E-state index in [0.717, 1.165) is 16.7 Å². The van der Waals surface area contributed by atoms with Gasteiger partial charge in [-0.2, -0.15) is 13.7 Å². The van der Waals surface area contributed by atoms with E-state index in [-0.39, 0.29) is 17.8 Å². The molecule has 0 heterocycles. The zero-order valence-electron chi connectivity index (χ0n) is 21.9. The largest absolute Gasteiger partial charge is 0.643 e. The fourth-order valence-electron chi connectivity index (χ4n) is 3.55. The Balaban J connectivity index is 1.88. The SMILES string of the molecule is C=C[Si](OOc1ccccc1C(C)C)(OOc1ccccc1C(C)C)OOc1ccccc1C(C)C. The highest BCUT2D eigenvalue weighted by molar-refractivity contribution is 6.65. The van der Waals surface area contributed by atoms with Crippen LogP contribution in [0.15, 0.2) is 85.1 Å². The van der Waals surface area contributed by atoms with Gasteiger partial charge in [-0.3, -0.25) is 0 Å². The first kappa shape index (κ1) is 27.5. The summed E-state index contributed by atoms with van der Waals surface area (Å²) in [6, 6.07) is 22.9. The van der Waals surface area contributed by atoms with Crippen molar-refractivity contribution >= 4 is 8.80 Å². The fraction of sp³-hybridized carbons (Fsp3) is 0.310. The zero-order valence-corrected chi connectivity index (χ0v) is 22.9. The Hall–Kier alpha value is -3.10. The van der Waals surface area contributed by atoms with Crippen molar-refractivity contribution in [3.63, 3.8) is 0 Å². The molecule has 3 rings (SSSR count). The molecule has 7 heteroatoms. The molecule has 0 amide bonds. The van der Waals surface area contributed by atoms with Crippen LogP contribution in [0.25, 0.3) is 0 Å². The van der Waals surface area contributed by atoms with Gasteiger partial charge in [0.25, 0.3) is 0 Å². The summed E-state index contributed by atoms with van der Waals surface area (Å²) in [7, 11) is -3.89. The summed E-state index contributed by atoms with van der Waals surface area (Å²) in [4.78, 5) is 17.3. The van der Waals surface area contributed by atoms with Crippen LogP contribution in [-0.4, -0.2) is 8.80 Å². The Labute approximate surface area is 215 Å². The van der Waals surface area contributed by atoms with Crippen LogP contribution in [-0.2, 0) is 13.7 Å². The molecule has 0 spiro atoms. The summed E-state index contributed by atoms with van der Waals surface area (Å²) < 4.78 is 17.5. The van der Waals surface area contributed by atoms with Crippen molar-refractivity contribution in [3.05, 3.63) is 102 Å². The predicted octanol–water partition coefficient (Wildman–Crippen LogP) is 8.05. The van der Waals surface area contributed by atoms with E-state index in [1.807, 2.05) is 72.8 Å². The number of rotatable bonds is 13. The van der Waals surface area contributed by atoms with Crippen LogP contribution in [0.2, 0.25) is 0 Å². The average Bonchev–Trinajstić information content (AvgIpc) is 2.89. The molecular formula is C29H36O6Si. The maximum Gasteiger partial charge on any atom is 0.643 e. The highest BCUT2D eigenvalue weighted by Gasteiger charge is 2.47. The Morgan fingerprint density at radius 3 is 1.06 bits per heavy atom. The van der Waals surface area contributed by atoms with Crippen molar-refractivity contribution in [1.82, 2.24) is 0 Å². The molecule has 0 aromatic heterocycles. The second kappa shape index (κ2) is 12.7. The van der Waals surface area contributed by atoms with Crippen LogP contribution >= 0.6 is 0 Å². The van der Waals surface area contributed by atoms with Crippen LogP contribution in [0, 0.1) is 0 Å². The van der Waals surface area contributed by atoms with E-state index in [2.05, 4.69) is 48.1 Å². The molecule has 0 fully saturated rings. The third kappa shape index (κ3) is 6.98. The summed E-state index contributed by atoms with van der Waals surface area (Å²) in [5.74, 6) is 2.29. The molecule has 0 aliphatic rings. The lowest BCUT2D eigenvalue weighted by Crippen LogP contribution is -2.47. The molecule has 0 saturated carbocycles. The topological polar surface area (TPSA) is 55.4 Å². The highest BCUT2D eigenvalue weighted by Crippen LogP contribution is 2.31. The molecule has 0 aliphatic carbocycles. The summed E-state index contributed by atoms with van der Waals surface area (Å²) in [6.07, 6.45) is 0. The van der Waals surface area contributed by atoms with E-state index >= 15 is 0 Å². The predicted molar refractivity (Wildman–Crippen MR) is 143 cm³/mol. The minimum absolute atomic E-state index is 0.217. The summed E-state index contributed by atoms with van der Waals surface area (Å²) in [6.45, 7) is 16.3. The first-order chi connectivity index (χ1) is 17.3. The molecule has 0 N–H and O–H groups in total. The van der Waals surface area contributed by atoms with Gasteiger partial charge in [0.2, 0.25) is 0 Å². The summed E-state index contributed by atoms with van der Waals surface area (Å²) in [5.41, 5.74) is 4.32. The Morgan fingerprint density at radius 1 is 0.528 bits per heavy atom. The van der Waals surface area contributed by atoms with E-state index in [9.17, 15) is 0 Å². The fourth-order valence-corrected chi connectivity index (χ4v) is 4.46. The van der Waals surface area contributed by atoms with E-state index in [4.69, 9.17) is 28.4 Å². The lowest BCUT2D eigenvalue weighted by molar-refractivity contribution is -0.276. The van der Waals surface area contributed by atoms with Gasteiger partial charge in [-0.1, -0.05) is 103 Å². The van der Waals surface area contributed by atoms with E-state index in [0.29, 0.717) is 17.2 Å². The van der Waals surface area contributed by atoms with Gasteiger partial charge < -0.3 is 14.7 Å². The van der Waals surface area contributed by atoms with Gasteiger partial charge in [-0.05, 0) is 41.7 Å². The van der Waals surface area contributed by atoms with E-state index in [1.54, 1.807) is 0 Å². The number of benzene rings is 3. The highest BCUT2D eigenvalue weighted by atomic mass is 28.4. The number of hydrogen-bond acceptors (Lipinski definition) is 6. The van der Waals surface area contributed by atoms with Crippen molar-refractivity contribution in [3.8, 4) is 17.2 Å². The number of para-hydroxylation sites is 3. The summed E-state index contributed by atoms with van der Waals surface area (Å²) in [5, 5.41) is 0. The minimum atomic E-state index is -3.89. The first-order valence-corrected chi connectivity index (χ1v) is 14.0. The van der Waals surface area contributed by atoms with Gasteiger partial charge in [0.15, 0.2) is 17.2 Å². The Bertz CT molecular complexity index is 993. The molecule has 0 aliphatic heterocycles. The van der Waals surface area contributed by atoms with Crippen LogP contribution < -0.4 is 14.7 Å². The molecule has 6 nitrogen and oxygen atoms in total. The van der Waals surface area contributed by atoms with Crippen molar-refractivity contribution in [2.24, 2.45) is 0 Å². The molecule has 0 saturated heterocycles. The van der Waals surface area contributed by atoms with Crippen LogP contribution in [0.3, 0.4) is 0 Å². The molecule has 0 radical (unpaired) electrons. The second-order valence-electron chi connectivity index (χ2n) is 9.39. The van der Waals surface area contributed by atoms with Crippen molar-refractivity contribution in [2.75, 3.05) is 0 Å². The van der Waals surface area contributed by atoms with Gasteiger partial charge >= 0.3 is 8.80 Å². The van der Waals surface area contributed by atoms with Gasteiger partial charge in [0, 0.05) is 16.7 Å². The normalized spacial score (nSPS) is 11.7. The average molecular weight is 509 g/mol.